The molecule has 0 amide bonds. The number of hydrogen-bond donors (Lipinski definition) is 2. The predicted octanol–water partition coefficient (Wildman–Crippen LogP) is 6.62. The molecule has 0 aliphatic carbocycles. The van der Waals surface area contributed by atoms with Gasteiger partial charge in [-0.1, -0.05) is 66.7 Å². The van der Waals surface area contributed by atoms with Crippen LogP contribution in [0.2, 0.25) is 0 Å². The third kappa shape index (κ3) is 6.27. The summed E-state index contributed by atoms with van der Waals surface area (Å²) in [6.45, 7) is 8.13. The highest BCUT2D eigenvalue weighted by molar-refractivity contribution is 5.86. The summed E-state index contributed by atoms with van der Waals surface area (Å²) in [5.41, 5.74) is 4.90. The number of aromatic nitrogens is 2. The number of rotatable bonds is 8. The van der Waals surface area contributed by atoms with Crippen LogP contribution in [-0.2, 0) is 5.54 Å². The normalized spacial score (nSPS) is 14.7. The van der Waals surface area contributed by atoms with Gasteiger partial charge in [-0.25, -0.2) is 4.98 Å². The molecule has 5 rings (SSSR count). The summed E-state index contributed by atoms with van der Waals surface area (Å²) in [6, 6.07) is 27.0. The van der Waals surface area contributed by atoms with Gasteiger partial charge >= 0.3 is 0 Å². The maximum atomic E-state index is 5.94. The summed E-state index contributed by atoms with van der Waals surface area (Å²) in [6.07, 6.45) is 0. The molecule has 1 aromatic heterocycles. The van der Waals surface area contributed by atoms with E-state index in [9.17, 15) is 0 Å². The van der Waals surface area contributed by atoms with Crippen LogP contribution in [0, 0.1) is 6.92 Å². The minimum Gasteiger partial charge on any atom is -0.496 e. The van der Waals surface area contributed by atoms with Crippen molar-refractivity contribution in [2.24, 2.45) is 0 Å². The Labute approximate surface area is 256 Å². The molecule has 216 valence electrons. The van der Waals surface area contributed by atoms with E-state index in [0.29, 0.717) is 0 Å². The fourth-order valence-corrected chi connectivity index (χ4v) is 5.87. The van der Waals surface area contributed by atoms with Crippen LogP contribution in [0.1, 0.15) is 35.4 Å². The summed E-state index contributed by atoms with van der Waals surface area (Å²) >= 11 is 0. The van der Waals surface area contributed by atoms with Gasteiger partial charge in [0.1, 0.15) is 17.3 Å². The van der Waals surface area contributed by atoms with Gasteiger partial charge in [-0.15, -0.1) is 37.2 Å². The number of imidazole rings is 1. The summed E-state index contributed by atoms with van der Waals surface area (Å²) in [5.74, 6) is 2.49. The lowest BCUT2D eigenvalue weighted by molar-refractivity contribution is 0.0660. The highest BCUT2D eigenvalue weighted by Crippen LogP contribution is 2.51. The minimum absolute atomic E-state index is 0. The Balaban J connectivity index is 0.00000187. The van der Waals surface area contributed by atoms with Gasteiger partial charge in [-0.3, -0.25) is 4.90 Å². The van der Waals surface area contributed by atoms with E-state index in [1.807, 2.05) is 30.3 Å². The third-order valence-corrected chi connectivity index (χ3v) is 7.65. The molecule has 3 aromatic carbocycles. The molecule has 6 nitrogen and oxygen atoms in total. The molecule has 1 atom stereocenters. The molecule has 4 aromatic rings. The Hall–Kier alpha value is -2.74. The van der Waals surface area contributed by atoms with Gasteiger partial charge in [-0.05, 0) is 26.0 Å². The first-order chi connectivity index (χ1) is 18.1. The van der Waals surface area contributed by atoms with Crippen LogP contribution >= 0.6 is 37.2 Å². The molecule has 1 aliphatic heterocycles. The molecule has 1 aliphatic rings. The highest BCUT2D eigenvalue weighted by Gasteiger charge is 2.48. The first kappa shape index (κ1) is 33.5. The molecule has 40 heavy (non-hydrogen) atoms. The second-order valence-electron chi connectivity index (χ2n) is 9.73. The Morgan fingerprint density at radius 3 is 1.80 bits per heavy atom. The van der Waals surface area contributed by atoms with Crippen LogP contribution in [0.5, 0.6) is 11.5 Å². The molecule has 0 saturated carbocycles. The Morgan fingerprint density at radius 1 is 0.775 bits per heavy atom. The number of methoxy groups -OCH3 is 2. The lowest BCUT2D eigenvalue weighted by atomic mass is 9.71. The number of halogens is 3. The Morgan fingerprint density at radius 2 is 1.27 bits per heavy atom. The molecule has 0 radical (unpaired) electrons. The molecule has 1 fully saturated rings. The monoisotopic (exact) mass is 604 g/mol. The molecule has 2 heterocycles. The van der Waals surface area contributed by atoms with Gasteiger partial charge in [0.05, 0.1) is 25.5 Å². The van der Waals surface area contributed by atoms with Gasteiger partial charge in [0.2, 0.25) is 0 Å². The first-order valence-electron chi connectivity index (χ1n) is 12.9. The van der Waals surface area contributed by atoms with Gasteiger partial charge in [-0.2, -0.15) is 0 Å². The average molecular weight is 606 g/mol. The third-order valence-electron chi connectivity index (χ3n) is 7.65. The van der Waals surface area contributed by atoms with E-state index in [-0.39, 0.29) is 43.1 Å². The molecule has 0 bridgehead atoms. The van der Waals surface area contributed by atoms with Crippen LogP contribution in [0.4, 0.5) is 0 Å². The molecular formula is C31H39Cl3N4O2. The number of benzene rings is 3. The van der Waals surface area contributed by atoms with Gasteiger partial charge in [0.15, 0.2) is 0 Å². The number of aromatic amines is 1. The van der Waals surface area contributed by atoms with Crippen molar-refractivity contribution in [3.8, 4) is 22.9 Å². The van der Waals surface area contributed by atoms with Crippen molar-refractivity contribution in [1.29, 1.82) is 0 Å². The van der Waals surface area contributed by atoms with Gasteiger partial charge < -0.3 is 19.8 Å². The number of nitrogens with one attached hydrogen (secondary N) is 2. The standard InChI is InChI=1S/C31H36N4O2.3ClH/c1-22-29(34-30(33-22)23-12-6-5-7-13-23)31(2,35-20-18-32-19-21-35)28(24-14-8-10-16-26(24)36-3)25-15-9-11-17-27(25)37-4;;;/h5-17,28,32H,18-21H2,1-4H3,(H,33,34);3*1H. The zero-order chi connectivity index (χ0) is 25.8. The lowest BCUT2D eigenvalue weighted by Crippen LogP contribution is -2.56. The van der Waals surface area contributed by atoms with Gasteiger partial charge in [0.25, 0.3) is 0 Å². The van der Waals surface area contributed by atoms with Crippen LogP contribution in [0.15, 0.2) is 78.9 Å². The molecule has 2 N–H and O–H groups in total. The fraction of sp³-hybridized carbons (Fsp3) is 0.323. The molecule has 1 saturated heterocycles. The smallest absolute Gasteiger partial charge is 0.137 e. The summed E-state index contributed by atoms with van der Waals surface area (Å²) in [7, 11) is 3.49. The Kier molecular flexibility index (Phi) is 12.4. The van der Waals surface area contributed by atoms with Crippen molar-refractivity contribution >= 4 is 37.2 Å². The van der Waals surface area contributed by atoms with E-state index >= 15 is 0 Å². The van der Waals surface area contributed by atoms with Crippen molar-refractivity contribution < 1.29 is 9.47 Å². The summed E-state index contributed by atoms with van der Waals surface area (Å²) in [4.78, 5) is 11.5. The van der Waals surface area contributed by atoms with Crippen LogP contribution in [0.3, 0.4) is 0 Å². The fourth-order valence-electron chi connectivity index (χ4n) is 5.87. The SMILES string of the molecule is COc1ccccc1C(c1ccccc1OC)C(C)(c1nc(-c2ccccc2)[nH]c1C)N1CCNCC1.Cl.Cl.Cl. The number of ether oxygens (including phenoxy) is 2. The molecule has 9 heteroatoms. The van der Waals surface area contributed by atoms with E-state index in [0.717, 1.165) is 71.6 Å². The maximum absolute atomic E-state index is 5.94. The number of piperazine rings is 1. The second-order valence-corrected chi connectivity index (χ2v) is 9.73. The molecular weight excluding hydrogens is 567 g/mol. The van der Waals surface area contributed by atoms with E-state index in [1.165, 1.54) is 0 Å². The zero-order valence-electron chi connectivity index (χ0n) is 23.3. The predicted molar refractivity (Wildman–Crippen MR) is 170 cm³/mol. The van der Waals surface area contributed by atoms with Crippen molar-refractivity contribution in [2.45, 2.75) is 25.3 Å². The lowest BCUT2D eigenvalue weighted by Gasteiger charge is -2.48. The average Bonchev–Trinajstić information content (AvgIpc) is 3.36. The molecule has 1 unspecified atom stereocenters. The van der Waals surface area contributed by atoms with E-state index in [1.54, 1.807) is 14.2 Å². The minimum atomic E-state index is -0.501. The quantitative estimate of drug-likeness (QED) is 0.236. The zero-order valence-corrected chi connectivity index (χ0v) is 25.8. The highest BCUT2D eigenvalue weighted by atomic mass is 35.5. The Bertz CT molecular complexity index is 1300. The molecule has 0 spiro atoms. The topological polar surface area (TPSA) is 62.4 Å². The van der Waals surface area contributed by atoms with E-state index < -0.39 is 5.54 Å². The summed E-state index contributed by atoms with van der Waals surface area (Å²) < 4.78 is 11.9. The number of para-hydroxylation sites is 2. The van der Waals surface area contributed by atoms with Crippen LogP contribution in [-0.4, -0.2) is 55.3 Å². The van der Waals surface area contributed by atoms with Crippen molar-refractivity contribution in [3.05, 3.63) is 101 Å². The van der Waals surface area contributed by atoms with Crippen molar-refractivity contribution in [2.75, 3.05) is 40.4 Å². The number of H-pyrrole nitrogens is 1. The van der Waals surface area contributed by atoms with E-state index in [4.69, 9.17) is 14.5 Å². The first-order valence-corrected chi connectivity index (χ1v) is 12.9. The summed E-state index contributed by atoms with van der Waals surface area (Å²) in [5, 5.41) is 3.53. The maximum Gasteiger partial charge on any atom is 0.137 e. The van der Waals surface area contributed by atoms with Crippen LogP contribution in [0.25, 0.3) is 11.4 Å². The number of nitrogens with zero attached hydrogens (tertiary/aromatic N) is 2. The van der Waals surface area contributed by atoms with Gasteiger partial charge in [0, 0.05) is 54.5 Å². The number of aryl methyl sites for hydroxylation is 1. The second kappa shape index (κ2) is 14.8. The van der Waals surface area contributed by atoms with E-state index in [2.05, 4.69) is 77.6 Å². The van der Waals surface area contributed by atoms with Crippen molar-refractivity contribution in [3.63, 3.8) is 0 Å². The number of hydrogen-bond acceptors (Lipinski definition) is 5. The largest absolute Gasteiger partial charge is 0.496 e. The van der Waals surface area contributed by atoms with Crippen LogP contribution < -0.4 is 14.8 Å². The van der Waals surface area contributed by atoms with Crippen molar-refractivity contribution in [1.82, 2.24) is 20.2 Å².